The standard InChI is InChI=1S/C6H7NO5/c8-4-1-5(9)7(12-3-4)2-6(10)11/h1,8H,2-3H2,(H,10,11). The maximum atomic E-state index is 10.8. The number of carboxylic acids is 1. The third-order valence-corrected chi connectivity index (χ3v) is 1.18. The van der Waals surface area contributed by atoms with Crippen LogP contribution >= 0.6 is 0 Å². The van der Waals surface area contributed by atoms with Crippen molar-refractivity contribution in [3.8, 4) is 0 Å². The van der Waals surface area contributed by atoms with Crippen LogP contribution in [-0.4, -0.2) is 40.3 Å². The van der Waals surface area contributed by atoms with Crippen LogP contribution in [0.3, 0.4) is 0 Å². The maximum Gasteiger partial charge on any atom is 0.325 e. The molecule has 1 heterocycles. The third-order valence-electron chi connectivity index (χ3n) is 1.18. The van der Waals surface area contributed by atoms with Gasteiger partial charge in [0.15, 0.2) is 0 Å². The van der Waals surface area contributed by atoms with E-state index in [1.807, 2.05) is 0 Å². The number of carbonyl (C=O) groups is 2. The third kappa shape index (κ3) is 1.96. The van der Waals surface area contributed by atoms with Crippen LogP contribution in [0.2, 0.25) is 0 Å². The van der Waals surface area contributed by atoms with Gasteiger partial charge in [0.1, 0.15) is 18.9 Å². The molecule has 0 fully saturated rings. The molecule has 0 bridgehead atoms. The molecule has 6 nitrogen and oxygen atoms in total. The Kier molecular flexibility index (Phi) is 2.29. The minimum Gasteiger partial charge on any atom is -0.510 e. The number of carbonyl (C=O) groups excluding carboxylic acids is 1. The van der Waals surface area contributed by atoms with Gasteiger partial charge in [-0.15, -0.1) is 0 Å². The van der Waals surface area contributed by atoms with Crippen LogP contribution in [0, 0.1) is 0 Å². The molecule has 1 aliphatic heterocycles. The fourth-order valence-electron chi connectivity index (χ4n) is 0.710. The lowest BCUT2D eigenvalue weighted by molar-refractivity contribution is -0.190. The molecular formula is C6H7NO5. The van der Waals surface area contributed by atoms with E-state index in [1.165, 1.54) is 0 Å². The quantitative estimate of drug-likeness (QED) is 0.575. The van der Waals surface area contributed by atoms with Gasteiger partial charge in [0, 0.05) is 6.08 Å². The lowest BCUT2D eigenvalue weighted by Gasteiger charge is -2.21. The van der Waals surface area contributed by atoms with Crippen LogP contribution < -0.4 is 0 Å². The van der Waals surface area contributed by atoms with Gasteiger partial charge < -0.3 is 10.2 Å². The number of hydrogen-bond acceptors (Lipinski definition) is 4. The molecule has 0 atom stereocenters. The Balaban J connectivity index is 2.59. The van der Waals surface area contributed by atoms with Crippen molar-refractivity contribution in [2.24, 2.45) is 0 Å². The van der Waals surface area contributed by atoms with Gasteiger partial charge in [-0.05, 0) is 0 Å². The zero-order chi connectivity index (χ0) is 9.14. The summed E-state index contributed by atoms with van der Waals surface area (Å²) in [5.74, 6) is -2.04. The lowest BCUT2D eigenvalue weighted by atomic mass is 10.4. The van der Waals surface area contributed by atoms with E-state index in [1.54, 1.807) is 0 Å². The lowest BCUT2D eigenvalue weighted by Crippen LogP contribution is -2.38. The van der Waals surface area contributed by atoms with Crippen molar-refractivity contribution in [2.75, 3.05) is 13.2 Å². The predicted octanol–water partition coefficient (Wildman–Crippen LogP) is -0.713. The summed E-state index contributed by atoms with van der Waals surface area (Å²) in [6, 6.07) is 0. The summed E-state index contributed by atoms with van der Waals surface area (Å²) in [7, 11) is 0. The van der Waals surface area contributed by atoms with Crippen LogP contribution in [-0.2, 0) is 14.4 Å². The van der Waals surface area contributed by atoms with Crippen molar-refractivity contribution >= 4 is 11.9 Å². The number of rotatable bonds is 2. The van der Waals surface area contributed by atoms with E-state index < -0.39 is 18.4 Å². The summed E-state index contributed by atoms with van der Waals surface area (Å²) in [6.07, 6.45) is 0.923. The SMILES string of the molecule is O=C(O)CN1OCC(O)=CC1=O. The largest absolute Gasteiger partial charge is 0.510 e. The second-order valence-corrected chi connectivity index (χ2v) is 2.18. The Morgan fingerprint density at radius 3 is 2.92 bits per heavy atom. The van der Waals surface area contributed by atoms with Crippen molar-refractivity contribution in [1.82, 2.24) is 5.06 Å². The van der Waals surface area contributed by atoms with E-state index in [2.05, 4.69) is 4.84 Å². The normalized spacial score (nSPS) is 17.5. The number of aliphatic hydroxyl groups excluding tert-OH is 1. The Morgan fingerprint density at radius 2 is 2.42 bits per heavy atom. The van der Waals surface area contributed by atoms with Crippen LogP contribution in [0.15, 0.2) is 11.8 Å². The zero-order valence-electron chi connectivity index (χ0n) is 6.06. The summed E-state index contributed by atoms with van der Waals surface area (Å²) < 4.78 is 0. The number of aliphatic hydroxyl groups is 1. The van der Waals surface area contributed by atoms with Gasteiger partial charge in [-0.3, -0.25) is 14.4 Å². The fourth-order valence-corrected chi connectivity index (χ4v) is 0.710. The summed E-state index contributed by atoms with van der Waals surface area (Å²) in [4.78, 5) is 25.6. The highest BCUT2D eigenvalue weighted by Gasteiger charge is 2.21. The Bertz CT molecular complexity index is 246. The van der Waals surface area contributed by atoms with Crippen LogP contribution in [0.5, 0.6) is 0 Å². The summed E-state index contributed by atoms with van der Waals surface area (Å²) in [5.41, 5.74) is 0. The second kappa shape index (κ2) is 3.22. The first kappa shape index (κ1) is 8.54. The highest BCUT2D eigenvalue weighted by Crippen LogP contribution is 2.04. The van der Waals surface area contributed by atoms with Crippen LogP contribution in [0.4, 0.5) is 0 Å². The number of carboxylic acid groups (broad SMARTS) is 1. The summed E-state index contributed by atoms with van der Waals surface area (Å²) in [5, 5.41) is 17.7. The summed E-state index contributed by atoms with van der Waals surface area (Å²) >= 11 is 0. The molecule has 12 heavy (non-hydrogen) atoms. The van der Waals surface area contributed by atoms with E-state index in [0.717, 1.165) is 6.08 Å². The van der Waals surface area contributed by atoms with E-state index >= 15 is 0 Å². The van der Waals surface area contributed by atoms with E-state index in [4.69, 9.17) is 10.2 Å². The molecule has 0 spiro atoms. The Labute approximate surface area is 67.6 Å². The van der Waals surface area contributed by atoms with Crippen LogP contribution in [0.25, 0.3) is 0 Å². The molecule has 0 radical (unpaired) electrons. The van der Waals surface area contributed by atoms with E-state index in [9.17, 15) is 9.59 Å². The molecule has 0 saturated carbocycles. The molecular weight excluding hydrogens is 166 g/mol. The van der Waals surface area contributed by atoms with Crippen molar-refractivity contribution in [1.29, 1.82) is 0 Å². The minimum absolute atomic E-state index is 0.168. The first-order chi connectivity index (χ1) is 5.59. The molecule has 1 rings (SSSR count). The molecule has 6 heteroatoms. The maximum absolute atomic E-state index is 10.8. The molecule has 2 N–H and O–H groups in total. The van der Waals surface area contributed by atoms with Gasteiger partial charge in [0.05, 0.1) is 0 Å². The molecule has 66 valence electrons. The first-order valence-corrected chi connectivity index (χ1v) is 3.15. The number of hydrogen-bond donors (Lipinski definition) is 2. The molecule has 0 aromatic carbocycles. The molecule has 1 aliphatic rings. The van der Waals surface area contributed by atoms with Gasteiger partial charge in [0.2, 0.25) is 0 Å². The molecule has 1 amide bonds. The first-order valence-electron chi connectivity index (χ1n) is 3.15. The van der Waals surface area contributed by atoms with Gasteiger partial charge in [-0.1, -0.05) is 0 Å². The van der Waals surface area contributed by atoms with Crippen molar-refractivity contribution in [3.05, 3.63) is 11.8 Å². The van der Waals surface area contributed by atoms with Gasteiger partial charge in [-0.25, -0.2) is 5.06 Å². The topological polar surface area (TPSA) is 87.1 Å². The Hall–Kier alpha value is -1.56. The smallest absolute Gasteiger partial charge is 0.325 e. The zero-order valence-corrected chi connectivity index (χ0v) is 6.06. The van der Waals surface area contributed by atoms with Crippen molar-refractivity contribution in [3.63, 3.8) is 0 Å². The molecule has 0 aliphatic carbocycles. The Morgan fingerprint density at radius 1 is 1.75 bits per heavy atom. The predicted molar refractivity (Wildman–Crippen MR) is 36.0 cm³/mol. The highest BCUT2D eigenvalue weighted by atomic mass is 16.7. The van der Waals surface area contributed by atoms with Gasteiger partial charge >= 0.3 is 5.97 Å². The van der Waals surface area contributed by atoms with Crippen molar-refractivity contribution in [2.45, 2.75) is 0 Å². The molecule has 0 unspecified atom stereocenters. The molecule has 0 saturated heterocycles. The average Bonchev–Trinajstić information content (AvgIpc) is 1.94. The number of amides is 1. The monoisotopic (exact) mass is 173 g/mol. The molecule has 0 aromatic heterocycles. The van der Waals surface area contributed by atoms with E-state index in [0.29, 0.717) is 5.06 Å². The minimum atomic E-state index is -1.17. The molecule has 0 aromatic rings. The van der Waals surface area contributed by atoms with E-state index in [-0.39, 0.29) is 12.4 Å². The average molecular weight is 173 g/mol. The fraction of sp³-hybridized carbons (Fsp3) is 0.333. The second-order valence-electron chi connectivity index (χ2n) is 2.18. The van der Waals surface area contributed by atoms with Crippen LogP contribution in [0.1, 0.15) is 0 Å². The number of nitrogens with zero attached hydrogens (tertiary/aromatic N) is 1. The van der Waals surface area contributed by atoms with Crippen molar-refractivity contribution < 1.29 is 24.6 Å². The number of aliphatic carboxylic acids is 1. The highest BCUT2D eigenvalue weighted by molar-refractivity contribution is 5.90. The number of hydroxylamine groups is 2. The summed E-state index contributed by atoms with van der Waals surface area (Å²) in [6.45, 7) is -0.693. The van der Waals surface area contributed by atoms with Gasteiger partial charge in [0.25, 0.3) is 5.91 Å². The van der Waals surface area contributed by atoms with Gasteiger partial charge in [-0.2, -0.15) is 0 Å².